The molecule has 0 saturated heterocycles. The van der Waals surface area contributed by atoms with E-state index in [1.54, 1.807) is 29.9 Å². The van der Waals surface area contributed by atoms with Crippen LogP contribution in [0.3, 0.4) is 0 Å². The van der Waals surface area contributed by atoms with Crippen molar-refractivity contribution >= 4 is 22.9 Å². The fourth-order valence-corrected chi connectivity index (χ4v) is 2.43. The molecular weight excluding hydrogens is 274 g/mol. The molecule has 0 aliphatic heterocycles. The Hall–Kier alpha value is -2.47. The highest BCUT2D eigenvalue weighted by Crippen LogP contribution is 2.25. The number of carbonyl (C=O) groups is 1. The van der Waals surface area contributed by atoms with E-state index < -0.39 is 0 Å². The normalized spacial score (nSPS) is 10.4. The van der Waals surface area contributed by atoms with Crippen molar-refractivity contribution in [2.75, 3.05) is 5.32 Å². The van der Waals surface area contributed by atoms with Gasteiger partial charge in [-0.2, -0.15) is 0 Å². The van der Waals surface area contributed by atoms with Crippen molar-refractivity contribution in [1.29, 1.82) is 0 Å². The molecule has 3 aromatic heterocycles. The number of amides is 1. The van der Waals surface area contributed by atoms with Crippen LogP contribution in [0.5, 0.6) is 0 Å². The molecule has 3 heterocycles. The van der Waals surface area contributed by atoms with Gasteiger partial charge in [-0.3, -0.25) is 9.78 Å². The number of anilines is 1. The highest BCUT2D eigenvalue weighted by molar-refractivity contribution is 7.13. The minimum atomic E-state index is -0.248. The summed E-state index contributed by atoms with van der Waals surface area (Å²) in [5, 5.41) is 5.17. The van der Waals surface area contributed by atoms with Crippen molar-refractivity contribution in [2.45, 2.75) is 6.92 Å². The van der Waals surface area contributed by atoms with Gasteiger partial charge in [0.05, 0.1) is 0 Å². The van der Waals surface area contributed by atoms with Crippen LogP contribution in [-0.2, 0) is 0 Å². The van der Waals surface area contributed by atoms with E-state index in [-0.39, 0.29) is 5.91 Å². The molecule has 0 aliphatic rings. The van der Waals surface area contributed by atoms with Gasteiger partial charge in [0.2, 0.25) is 0 Å². The second-order valence-corrected chi connectivity index (χ2v) is 5.00. The smallest absolute Gasteiger partial charge is 0.275 e. The number of rotatable bonds is 3. The summed E-state index contributed by atoms with van der Waals surface area (Å²) in [6, 6.07) is 7.16. The van der Waals surface area contributed by atoms with Gasteiger partial charge < -0.3 is 9.73 Å². The lowest BCUT2D eigenvalue weighted by Gasteiger charge is -2.01. The highest BCUT2D eigenvalue weighted by atomic mass is 32.1. The SMILES string of the molecule is Cc1ccc(-c2nc(C(=O)Nc3ccncc3)cs2)o1. The fraction of sp³-hybridized carbons (Fsp3) is 0.0714. The van der Waals surface area contributed by atoms with E-state index in [9.17, 15) is 4.79 Å². The van der Waals surface area contributed by atoms with E-state index in [1.807, 2.05) is 19.1 Å². The molecule has 0 aliphatic carbocycles. The van der Waals surface area contributed by atoms with Crippen LogP contribution < -0.4 is 5.32 Å². The number of pyridine rings is 1. The summed E-state index contributed by atoms with van der Waals surface area (Å²) in [5.74, 6) is 1.25. The van der Waals surface area contributed by atoms with Gasteiger partial charge in [0, 0.05) is 23.5 Å². The van der Waals surface area contributed by atoms with Gasteiger partial charge in [-0.15, -0.1) is 11.3 Å². The maximum absolute atomic E-state index is 12.0. The molecule has 0 atom stereocenters. The van der Waals surface area contributed by atoms with E-state index in [0.29, 0.717) is 22.1 Å². The standard InChI is InChI=1S/C14H11N3O2S/c1-9-2-3-12(19-9)14-17-11(8-20-14)13(18)16-10-4-6-15-7-5-10/h2-8H,1H3,(H,15,16,18). The van der Waals surface area contributed by atoms with Crippen molar-refractivity contribution in [2.24, 2.45) is 0 Å². The molecule has 0 unspecified atom stereocenters. The predicted molar refractivity (Wildman–Crippen MR) is 76.7 cm³/mol. The van der Waals surface area contributed by atoms with Gasteiger partial charge in [0.25, 0.3) is 5.91 Å². The molecule has 1 amide bonds. The first kappa shape index (κ1) is 12.6. The lowest BCUT2D eigenvalue weighted by Crippen LogP contribution is -2.12. The van der Waals surface area contributed by atoms with Crippen LogP contribution in [0.2, 0.25) is 0 Å². The molecule has 6 heteroatoms. The first-order valence-corrected chi connectivity index (χ1v) is 6.84. The van der Waals surface area contributed by atoms with Crippen LogP contribution in [0.1, 0.15) is 16.2 Å². The van der Waals surface area contributed by atoms with E-state index in [1.165, 1.54) is 11.3 Å². The first-order valence-electron chi connectivity index (χ1n) is 5.96. The maximum Gasteiger partial charge on any atom is 0.275 e. The van der Waals surface area contributed by atoms with Crippen LogP contribution in [0.25, 0.3) is 10.8 Å². The van der Waals surface area contributed by atoms with Gasteiger partial charge in [-0.1, -0.05) is 0 Å². The Labute approximate surface area is 119 Å². The summed E-state index contributed by atoms with van der Waals surface area (Å²) >= 11 is 1.38. The molecule has 0 saturated carbocycles. The Balaban J connectivity index is 1.78. The minimum absolute atomic E-state index is 0.248. The van der Waals surface area contributed by atoms with Crippen molar-refractivity contribution in [3.8, 4) is 10.8 Å². The maximum atomic E-state index is 12.0. The molecule has 3 aromatic rings. The zero-order valence-electron chi connectivity index (χ0n) is 10.7. The van der Waals surface area contributed by atoms with Crippen LogP contribution in [0.15, 0.2) is 46.5 Å². The molecule has 0 fully saturated rings. The van der Waals surface area contributed by atoms with Crippen molar-refractivity contribution < 1.29 is 9.21 Å². The summed E-state index contributed by atoms with van der Waals surface area (Å²) in [7, 11) is 0. The second kappa shape index (κ2) is 5.26. The van der Waals surface area contributed by atoms with E-state index >= 15 is 0 Å². The molecule has 0 radical (unpaired) electrons. The molecular formula is C14H11N3O2S. The highest BCUT2D eigenvalue weighted by Gasteiger charge is 2.13. The monoisotopic (exact) mass is 285 g/mol. The second-order valence-electron chi connectivity index (χ2n) is 4.14. The number of aromatic nitrogens is 2. The average Bonchev–Trinajstić information content (AvgIpc) is 3.08. The Morgan fingerprint density at radius 2 is 2.05 bits per heavy atom. The molecule has 0 aromatic carbocycles. The quantitative estimate of drug-likeness (QED) is 0.801. The topological polar surface area (TPSA) is 68.0 Å². The minimum Gasteiger partial charge on any atom is -0.459 e. The Morgan fingerprint density at radius 3 is 2.75 bits per heavy atom. The number of nitrogens with zero attached hydrogens (tertiary/aromatic N) is 2. The Bertz CT molecular complexity index is 734. The number of aryl methyl sites for hydroxylation is 1. The van der Waals surface area contributed by atoms with Crippen LogP contribution >= 0.6 is 11.3 Å². The molecule has 0 spiro atoms. The summed E-state index contributed by atoms with van der Waals surface area (Å²) in [5.41, 5.74) is 1.06. The molecule has 0 bridgehead atoms. The van der Waals surface area contributed by atoms with Gasteiger partial charge in [-0.25, -0.2) is 4.98 Å². The number of nitrogens with one attached hydrogen (secondary N) is 1. The van der Waals surface area contributed by atoms with E-state index in [0.717, 1.165) is 5.76 Å². The van der Waals surface area contributed by atoms with Crippen molar-refractivity contribution in [3.63, 3.8) is 0 Å². The lowest BCUT2D eigenvalue weighted by atomic mass is 10.3. The molecule has 1 N–H and O–H groups in total. The summed E-state index contributed by atoms with van der Waals surface area (Å²) < 4.78 is 5.49. The van der Waals surface area contributed by atoms with Crippen molar-refractivity contribution in [3.05, 3.63) is 53.5 Å². The van der Waals surface area contributed by atoms with Crippen LogP contribution in [0, 0.1) is 6.92 Å². The third kappa shape index (κ3) is 2.60. The van der Waals surface area contributed by atoms with Gasteiger partial charge >= 0.3 is 0 Å². The Kier molecular flexibility index (Phi) is 3.30. The first-order chi connectivity index (χ1) is 9.72. The van der Waals surface area contributed by atoms with E-state index in [2.05, 4.69) is 15.3 Å². The Morgan fingerprint density at radius 1 is 1.25 bits per heavy atom. The molecule has 100 valence electrons. The zero-order valence-corrected chi connectivity index (χ0v) is 11.5. The molecule has 5 nitrogen and oxygen atoms in total. The third-order valence-corrected chi connectivity index (χ3v) is 3.48. The number of thiazole rings is 1. The van der Waals surface area contributed by atoms with Crippen LogP contribution in [0.4, 0.5) is 5.69 Å². The van der Waals surface area contributed by atoms with Crippen LogP contribution in [-0.4, -0.2) is 15.9 Å². The largest absolute Gasteiger partial charge is 0.459 e. The molecule has 3 rings (SSSR count). The zero-order chi connectivity index (χ0) is 13.9. The van der Waals surface area contributed by atoms with E-state index in [4.69, 9.17) is 4.42 Å². The summed E-state index contributed by atoms with van der Waals surface area (Å²) in [6.07, 6.45) is 3.24. The lowest BCUT2D eigenvalue weighted by molar-refractivity contribution is 0.102. The van der Waals surface area contributed by atoms with Gasteiger partial charge in [0.15, 0.2) is 10.8 Å². The number of furan rings is 1. The van der Waals surface area contributed by atoms with Gasteiger partial charge in [0.1, 0.15) is 11.5 Å². The average molecular weight is 285 g/mol. The predicted octanol–water partition coefficient (Wildman–Crippen LogP) is 3.36. The number of carbonyl (C=O) groups excluding carboxylic acids is 1. The van der Waals surface area contributed by atoms with Gasteiger partial charge in [-0.05, 0) is 31.2 Å². The summed E-state index contributed by atoms with van der Waals surface area (Å²) in [4.78, 5) is 20.2. The summed E-state index contributed by atoms with van der Waals surface area (Å²) in [6.45, 7) is 1.87. The number of hydrogen-bond acceptors (Lipinski definition) is 5. The number of hydrogen-bond donors (Lipinski definition) is 1. The van der Waals surface area contributed by atoms with Crippen molar-refractivity contribution in [1.82, 2.24) is 9.97 Å². The molecule has 20 heavy (non-hydrogen) atoms. The fourth-order valence-electron chi connectivity index (χ4n) is 1.67. The third-order valence-electron chi connectivity index (χ3n) is 2.63.